The highest BCUT2D eigenvalue weighted by Gasteiger charge is 2.23. The highest BCUT2D eigenvalue weighted by atomic mass is 35.5. The van der Waals surface area contributed by atoms with Crippen LogP contribution in [-0.4, -0.2) is 36.7 Å². The molecule has 1 atom stereocenters. The van der Waals surface area contributed by atoms with Crippen LogP contribution >= 0.6 is 11.6 Å². The first kappa shape index (κ1) is 17.5. The Kier molecular flexibility index (Phi) is 5.68. The Bertz CT molecular complexity index is 749. The average molecular weight is 358 g/mol. The maximum atomic E-state index is 12.3. The molecule has 0 radical (unpaired) electrons. The normalized spacial score (nSPS) is 16.7. The number of carbonyl (C=O) groups excluding carboxylic acids is 1. The zero-order valence-electron chi connectivity index (χ0n) is 13.8. The van der Waals surface area contributed by atoms with Crippen molar-refractivity contribution in [2.75, 3.05) is 29.9 Å². The maximum Gasteiger partial charge on any atom is 0.257 e. The van der Waals surface area contributed by atoms with Crippen LogP contribution in [0.1, 0.15) is 16.8 Å². The van der Waals surface area contributed by atoms with E-state index in [1.165, 1.54) is 0 Å². The molecule has 1 unspecified atom stereocenters. The number of nitrogens with zero attached hydrogens (tertiary/aromatic N) is 2. The van der Waals surface area contributed by atoms with E-state index in [-0.39, 0.29) is 12.0 Å². The molecule has 1 N–H and O–H groups in total. The number of aromatic nitrogens is 1. The first-order chi connectivity index (χ1) is 12.2. The Morgan fingerprint density at radius 2 is 2.32 bits per heavy atom. The minimum atomic E-state index is -0.213. The van der Waals surface area contributed by atoms with E-state index in [0.717, 1.165) is 25.3 Å². The summed E-state index contributed by atoms with van der Waals surface area (Å²) >= 11 is 5.93. The smallest absolute Gasteiger partial charge is 0.257 e. The third-order valence-corrected chi connectivity index (χ3v) is 4.25. The molecule has 1 aromatic heterocycles. The first-order valence-corrected chi connectivity index (χ1v) is 8.54. The number of hydrogen-bond donors (Lipinski definition) is 1. The number of pyridine rings is 1. The Labute approximate surface area is 152 Å². The highest BCUT2D eigenvalue weighted by molar-refractivity contribution is 6.30. The molecule has 2 aromatic rings. The number of anilines is 2. The summed E-state index contributed by atoms with van der Waals surface area (Å²) in [6, 6.07) is 10.7. The van der Waals surface area contributed by atoms with Crippen molar-refractivity contribution in [3.63, 3.8) is 0 Å². The third-order valence-electron chi connectivity index (χ3n) is 4.01. The van der Waals surface area contributed by atoms with Crippen LogP contribution < -0.4 is 10.2 Å². The summed E-state index contributed by atoms with van der Waals surface area (Å²) in [4.78, 5) is 18.9. The lowest BCUT2D eigenvalue weighted by Gasteiger charge is -2.17. The van der Waals surface area contributed by atoms with Crippen LogP contribution in [0.4, 0.5) is 11.5 Å². The van der Waals surface area contributed by atoms with Crippen LogP contribution in [0.5, 0.6) is 0 Å². The van der Waals surface area contributed by atoms with Crippen LogP contribution in [0.25, 0.3) is 0 Å². The molecule has 0 bridgehead atoms. The molecule has 1 amide bonds. The van der Waals surface area contributed by atoms with Gasteiger partial charge in [0.2, 0.25) is 0 Å². The van der Waals surface area contributed by atoms with Gasteiger partial charge in [-0.3, -0.25) is 4.79 Å². The van der Waals surface area contributed by atoms with Gasteiger partial charge in [-0.1, -0.05) is 23.7 Å². The monoisotopic (exact) mass is 357 g/mol. The average Bonchev–Trinajstić information content (AvgIpc) is 3.09. The number of halogens is 1. The Balaban J connectivity index is 1.60. The molecule has 1 aliphatic heterocycles. The zero-order valence-corrected chi connectivity index (χ0v) is 14.6. The quantitative estimate of drug-likeness (QED) is 0.799. The van der Waals surface area contributed by atoms with Crippen molar-refractivity contribution in [1.82, 2.24) is 4.98 Å². The SMILES string of the molecule is C=CCOC1CCN(c2ccc(C(=O)Nc3cccc(Cl)c3)cn2)C1. The van der Waals surface area contributed by atoms with E-state index >= 15 is 0 Å². The van der Waals surface area contributed by atoms with E-state index in [4.69, 9.17) is 16.3 Å². The molecule has 2 heterocycles. The molecule has 5 nitrogen and oxygen atoms in total. The predicted molar refractivity (Wildman–Crippen MR) is 100 cm³/mol. The minimum absolute atomic E-state index is 0.200. The number of carbonyl (C=O) groups is 1. The number of benzene rings is 1. The molecule has 1 aliphatic rings. The molecule has 6 heteroatoms. The van der Waals surface area contributed by atoms with Crippen LogP contribution in [-0.2, 0) is 4.74 Å². The Hall–Kier alpha value is -2.37. The number of hydrogen-bond acceptors (Lipinski definition) is 4. The van der Waals surface area contributed by atoms with E-state index in [2.05, 4.69) is 21.8 Å². The second-order valence-electron chi connectivity index (χ2n) is 5.85. The summed E-state index contributed by atoms with van der Waals surface area (Å²) in [5.74, 6) is 0.638. The van der Waals surface area contributed by atoms with Gasteiger partial charge in [-0.05, 0) is 36.8 Å². The fourth-order valence-electron chi connectivity index (χ4n) is 2.75. The van der Waals surface area contributed by atoms with Crippen LogP contribution in [0.3, 0.4) is 0 Å². The van der Waals surface area contributed by atoms with Crippen molar-refractivity contribution in [1.29, 1.82) is 0 Å². The lowest BCUT2D eigenvalue weighted by atomic mass is 10.2. The van der Waals surface area contributed by atoms with Gasteiger partial charge in [0.25, 0.3) is 5.91 Å². The third kappa shape index (κ3) is 4.59. The van der Waals surface area contributed by atoms with E-state index in [1.807, 2.05) is 6.07 Å². The molecule has 0 saturated carbocycles. The van der Waals surface area contributed by atoms with Crippen LogP contribution in [0.2, 0.25) is 5.02 Å². The summed E-state index contributed by atoms with van der Waals surface area (Å²) in [6.07, 6.45) is 4.51. The van der Waals surface area contributed by atoms with Gasteiger partial charge in [0.1, 0.15) is 5.82 Å². The van der Waals surface area contributed by atoms with Gasteiger partial charge in [-0.25, -0.2) is 4.98 Å². The summed E-state index contributed by atoms with van der Waals surface area (Å²) in [5.41, 5.74) is 1.16. The van der Waals surface area contributed by atoms with Gasteiger partial charge in [0.15, 0.2) is 0 Å². The summed E-state index contributed by atoms with van der Waals surface area (Å²) in [7, 11) is 0. The van der Waals surface area contributed by atoms with Gasteiger partial charge in [0, 0.05) is 30.0 Å². The molecule has 130 valence electrons. The van der Waals surface area contributed by atoms with Crippen molar-refractivity contribution < 1.29 is 9.53 Å². The van der Waals surface area contributed by atoms with Gasteiger partial charge >= 0.3 is 0 Å². The van der Waals surface area contributed by atoms with E-state index in [0.29, 0.717) is 22.9 Å². The van der Waals surface area contributed by atoms with Crippen molar-refractivity contribution in [3.05, 3.63) is 65.8 Å². The minimum Gasteiger partial charge on any atom is -0.372 e. The van der Waals surface area contributed by atoms with E-state index in [9.17, 15) is 4.79 Å². The topological polar surface area (TPSA) is 54.5 Å². The fourth-order valence-corrected chi connectivity index (χ4v) is 2.94. The molecular formula is C19H20ClN3O2. The fraction of sp³-hybridized carbons (Fsp3) is 0.263. The maximum absolute atomic E-state index is 12.3. The summed E-state index contributed by atoms with van der Waals surface area (Å²) in [6.45, 7) is 5.92. The molecule has 0 spiro atoms. The van der Waals surface area contributed by atoms with E-state index in [1.54, 1.807) is 42.6 Å². The zero-order chi connectivity index (χ0) is 17.6. The second-order valence-corrected chi connectivity index (χ2v) is 6.28. The summed E-state index contributed by atoms with van der Waals surface area (Å²) < 4.78 is 5.68. The lowest BCUT2D eigenvalue weighted by molar-refractivity contribution is 0.0908. The van der Waals surface area contributed by atoms with Gasteiger partial charge in [-0.15, -0.1) is 6.58 Å². The number of nitrogens with one attached hydrogen (secondary N) is 1. The predicted octanol–water partition coefficient (Wildman–Crippen LogP) is 3.77. The summed E-state index contributed by atoms with van der Waals surface area (Å²) in [5, 5.41) is 3.39. The van der Waals surface area contributed by atoms with Crippen molar-refractivity contribution in [2.45, 2.75) is 12.5 Å². The van der Waals surface area contributed by atoms with Crippen molar-refractivity contribution in [2.24, 2.45) is 0 Å². The van der Waals surface area contributed by atoms with Crippen molar-refractivity contribution in [3.8, 4) is 0 Å². The molecule has 1 fully saturated rings. The Morgan fingerprint density at radius 3 is 3.04 bits per heavy atom. The van der Waals surface area contributed by atoms with Gasteiger partial charge < -0.3 is 15.0 Å². The number of amides is 1. The second kappa shape index (κ2) is 8.14. The number of ether oxygens (including phenoxy) is 1. The van der Waals surface area contributed by atoms with Crippen LogP contribution in [0, 0.1) is 0 Å². The molecular weight excluding hydrogens is 338 g/mol. The Morgan fingerprint density at radius 1 is 1.44 bits per heavy atom. The highest BCUT2D eigenvalue weighted by Crippen LogP contribution is 2.21. The van der Waals surface area contributed by atoms with E-state index < -0.39 is 0 Å². The first-order valence-electron chi connectivity index (χ1n) is 8.16. The largest absolute Gasteiger partial charge is 0.372 e. The van der Waals surface area contributed by atoms with Gasteiger partial charge in [-0.2, -0.15) is 0 Å². The molecule has 0 aliphatic carbocycles. The molecule has 1 aromatic carbocycles. The van der Waals surface area contributed by atoms with Crippen LogP contribution in [0.15, 0.2) is 55.3 Å². The molecule has 3 rings (SSSR count). The standard InChI is InChI=1S/C19H20ClN3O2/c1-2-10-25-17-8-9-23(13-17)18-7-6-14(12-21-18)19(24)22-16-5-3-4-15(20)11-16/h2-7,11-12,17H,1,8-10,13H2,(H,22,24). The van der Waals surface area contributed by atoms with Gasteiger partial charge in [0.05, 0.1) is 18.3 Å². The lowest BCUT2D eigenvalue weighted by Crippen LogP contribution is -2.24. The molecule has 1 saturated heterocycles. The van der Waals surface area contributed by atoms with Crippen molar-refractivity contribution >= 4 is 29.0 Å². The molecule has 25 heavy (non-hydrogen) atoms. The number of rotatable bonds is 6.